The summed E-state index contributed by atoms with van der Waals surface area (Å²) in [4.78, 5) is 22.3. The Balaban J connectivity index is 1.79. The summed E-state index contributed by atoms with van der Waals surface area (Å²) in [6, 6.07) is 10.5. The van der Waals surface area contributed by atoms with Crippen LogP contribution in [-0.2, 0) is 0 Å². The highest BCUT2D eigenvalue weighted by Crippen LogP contribution is 2.39. The molecule has 0 unspecified atom stereocenters. The monoisotopic (exact) mass is 432 g/mol. The van der Waals surface area contributed by atoms with Crippen LogP contribution in [0.5, 0.6) is 0 Å². The number of hydrogen-bond donors (Lipinski definition) is 1. The van der Waals surface area contributed by atoms with Crippen molar-refractivity contribution in [2.24, 2.45) is 0 Å². The number of aromatic nitrogens is 2. The number of pyridine rings is 2. The molecular formula is C21H16ClF3N4O. The number of hydrogen-bond acceptors (Lipinski definition) is 4. The summed E-state index contributed by atoms with van der Waals surface area (Å²) in [6.07, 6.45) is 2.38. The van der Waals surface area contributed by atoms with Crippen molar-refractivity contribution in [3.8, 4) is 11.1 Å². The molecule has 1 aliphatic heterocycles. The van der Waals surface area contributed by atoms with Crippen LogP contribution >= 0.6 is 11.6 Å². The Bertz CT molecular complexity index is 1090. The van der Waals surface area contributed by atoms with Gasteiger partial charge >= 0.3 is 0 Å². The lowest BCUT2D eigenvalue weighted by atomic mass is 10.0. The zero-order chi connectivity index (χ0) is 21.3. The molecule has 5 nitrogen and oxygen atoms in total. The van der Waals surface area contributed by atoms with Crippen LogP contribution in [-0.4, -0.2) is 34.9 Å². The lowest BCUT2D eigenvalue weighted by Gasteiger charge is -2.23. The predicted molar refractivity (Wildman–Crippen MR) is 109 cm³/mol. The number of alkyl halides is 2. The van der Waals surface area contributed by atoms with Crippen LogP contribution in [0.2, 0.25) is 5.15 Å². The minimum atomic E-state index is -2.86. The minimum Gasteiger partial charge on any atom is -0.349 e. The van der Waals surface area contributed by atoms with Gasteiger partial charge in [-0.05, 0) is 24.3 Å². The second-order valence-electron chi connectivity index (χ2n) is 6.89. The van der Waals surface area contributed by atoms with Crippen LogP contribution in [0, 0.1) is 5.82 Å². The van der Waals surface area contributed by atoms with Gasteiger partial charge in [0.05, 0.1) is 17.8 Å². The Hall–Kier alpha value is -3.13. The molecule has 2 aromatic heterocycles. The van der Waals surface area contributed by atoms with E-state index < -0.39 is 24.2 Å². The number of rotatable bonds is 4. The van der Waals surface area contributed by atoms with Gasteiger partial charge in [-0.2, -0.15) is 0 Å². The normalized spacial score (nSPS) is 15.3. The van der Waals surface area contributed by atoms with Gasteiger partial charge in [0, 0.05) is 36.5 Å². The summed E-state index contributed by atoms with van der Waals surface area (Å²) in [6.45, 7) is -0.474. The van der Waals surface area contributed by atoms with Crippen molar-refractivity contribution < 1.29 is 18.0 Å². The fraction of sp³-hybridized carbons (Fsp3) is 0.190. The maximum Gasteiger partial charge on any atom is 0.266 e. The van der Waals surface area contributed by atoms with Gasteiger partial charge in [-0.15, -0.1) is 0 Å². The molecule has 0 bridgehead atoms. The molecule has 0 spiro atoms. The molecule has 1 amide bonds. The second-order valence-corrected chi connectivity index (χ2v) is 7.28. The number of carbonyl (C=O) groups is 1. The number of halogens is 4. The summed E-state index contributed by atoms with van der Waals surface area (Å²) in [5.41, 5.74) is 0.918. The Morgan fingerprint density at radius 3 is 2.57 bits per heavy atom. The molecular weight excluding hydrogens is 417 g/mol. The molecule has 3 heterocycles. The Morgan fingerprint density at radius 2 is 1.90 bits per heavy atom. The Morgan fingerprint density at radius 1 is 1.10 bits per heavy atom. The molecule has 4 rings (SSSR count). The highest BCUT2D eigenvalue weighted by atomic mass is 35.5. The lowest BCUT2D eigenvalue weighted by molar-refractivity contribution is 0.0257. The van der Waals surface area contributed by atoms with Gasteiger partial charge in [-0.1, -0.05) is 29.8 Å². The molecule has 0 saturated carbocycles. The smallest absolute Gasteiger partial charge is 0.266 e. The number of anilines is 2. The molecule has 1 N–H and O–H groups in total. The van der Waals surface area contributed by atoms with Gasteiger partial charge in [0.1, 0.15) is 11.0 Å². The molecule has 1 aliphatic rings. The van der Waals surface area contributed by atoms with Crippen LogP contribution in [0.25, 0.3) is 11.1 Å². The Labute approximate surface area is 175 Å². The standard InChI is InChI=1S/C21H16ClF3N4O/c22-17-6-5-13(11-27-17)20(30)28-18-15(14-3-1-2-4-16(14)23)7-9-26-19(18)29-10-8-21(24,25)12-29/h1-7,9,11H,8,10,12H2,(H,28,30). The molecule has 9 heteroatoms. The largest absolute Gasteiger partial charge is 0.349 e. The summed E-state index contributed by atoms with van der Waals surface area (Å²) in [7, 11) is 0. The third-order valence-corrected chi connectivity index (χ3v) is 5.02. The van der Waals surface area contributed by atoms with E-state index in [0.717, 1.165) is 0 Å². The molecule has 1 saturated heterocycles. The molecule has 0 atom stereocenters. The zero-order valence-electron chi connectivity index (χ0n) is 15.6. The van der Waals surface area contributed by atoms with Gasteiger partial charge in [-0.25, -0.2) is 23.1 Å². The third-order valence-electron chi connectivity index (χ3n) is 4.79. The Kier molecular flexibility index (Phi) is 5.34. The van der Waals surface area contributed by atoms with E-state index in [1.165, 1.54) is 41.6 Å². The highest BCUT2D eigenvalue weighted by Gasteiger charge is 2.40. The quantitative estimate of drug-likeness (QED) is 0.587. The van der Waals surface area contributed by atoms with Gasteiger partial charge < -0.3 is 10.2 Å². The fourth-order valence-electron chi connectivity index (χ4n) is 3.33. The van der Waals surface area contributed by atoms with Crippen molar-refractivity contribution in [1.82, 2.24) is 9.97 Å². The van der Waals surface area contributed by atoms with Gasteiger partial charge in [0.25, 0.3) is 11.8 Å². The maximum absolute atomic E-state index is 14.5. The van der Waals surface area contributed by atoms with E-state index in [9.17, 15) is 18.0 Å². The molecule has 0 radical (unpaired) electrons. The summed E-state index contributed by atoms with van der Waals surface area (Å²) in [5, 5.41) is 2.93. The topological polar surface area (TPSA) is 58.1 Å². The molecule has 3 aromatic rings. The molecule has 30 heavy (non-hydrogen) atoms. The van der Waals surface area contributed by atoms with Crippen LogP contribution in [0.3, 0.4) is 0 Å². The van der Waals surface area contributed by atoms with Gasteiger partial charge in [0.15, 0.2) is 5.82 Å². The first-order chi connectivity index (χ1) is 14.3. The van der Waals surface area contributed by atoms with Crippen molar-refractivity contribution in [1.29, 1.82) is 0 Å². The van der Waals surface area contributed by atoms with E-state index in [0.29, 0.717) is 5.56 Å². The highest BCUT2D eigenvalue weighted by molar-refractivity contribution is 6.29. The van der Waals surface area contributed by atoms with Crippen LogP contribution < -0.4 is 10.2 Å². The van der Waals surface area contributed by atoms with Crippen molar-refractivity contribution >= 4 is 29.0 Å². The number of amides is 1. The average molecular weight is 433 g/mol. The summed E-state index contributed by atoms with van der Waals surface area (Å²) >= 11 is 5.77. The number of nitrogens with one attached hydrogen (secondary N) is 1. The summed E-state index contributed by atoms with van der Waals surface area (Å²) in [5.74, 6) is -3.76. The fourth-order valence-corrected chi connectivity index (χ4v) is 3.44. The lowest BCUT2D eigenvalue weighted by Crippen LogP contribution is -2.27. The van der Waals surface area contributed by atoms with Crippen molar-refractivity contribution in [3.63, 3.8) is 0 Å². The first kappa shape index (κ1) is 20.2. The molecule has 154 valence electrons. The maximum atomic E-state index is 14.5. The SMILES string of the molecule is O=C(Nc1c(-c2ccccc2F)ccnc1N1CCC(F)(F)C1)c1ccc(Cl)nc1. The van der Waals surface area contributed by atoms with E-state index in [4.69, 9.17) is 11.6 Å². The first-order valence-electron chi connectivity index (χ1n) is 9.14. The van der Waals surface area contributed by atoms with Gasteiger partial charge in [0.2, 0.25) is 0 Å². The molecule has 0 aliphatic carbocycles. The van der Waals surface area contributed by atoms with Crippen LogP contribution in [0.15, 0.2) is 54.9 Å². The summed E-state index contributed by atoms with van der Waals surface area (Å²) < 4.78 is 42.2. The van der Waals surface area contributed by atoms with Gasteiger partial charge in [-0.3, -0.25) is 4.79 Å². The first-order valence-corrected chi connectivity index (χ1v) is 9.51. The van der Waals surface area contributed by atoms with E-state index >= 15 is 0 Å². The van der Waals surface area contributed by atoms with E-state index in [-0.39, 0.29) is 40.8 Å². The minimum absolute atomic E-state index is 0.0616. The zero-order valence-corrected chi connectivity index (χ0v) is 16.3. The second kappa shape index (κ2) is 7.95. The van der Waals surface area contributed by atoms with Crippen molar-refractivity contribution in [3.05, 3.63) is 71.4 Å². The average Bonchev–Trinajstić information content (AvgIpc) is 3.09. The van der Waals surface area contributed by atoms with E-state index in [2.05, 4.69) is 15.3 Å². The van der Waals surface area contributed by atoms with Crippen LogP contribution in [0.4, 0.5) is 24.7 Å². The van der Waals surface area contributed by atoms with E-state index in [1.807, 2.05) is 0 Å². The predicted octanol–water partition coefficient (Wildman–Crippen LogP) is 5.03. The number of carbonyl (C=O) groups excluding carboxylic acids is 1. The third kappa shape index (κ3) is 4.09. The number of nitrogens with zero attached hydrogens (tertiary/aromatic N) is 3. The number of benzene rings is 1. The van der Waals surface area contributed by atoms with Crippen LogP contribution in [0.1, 0.15) is 16.8 Å². The van der Waals surface area contributed by atoms with Crippen molar-refractivity contribution in [2.45, 2.75) is 12.3 Å². The van der Waals surface area contributed by atoms with E-state index in [1.54, 1.807) is 18.2 Å². The van der Waals surface area contributed by atoms with Crippen molar-refractivity contribution in [2.75, 3.05) is 23.3 Å². The molecule has 1 fully saturated rings. The molecule has 1 aromatic carbocycles.